The van der Waals surface area contributed by atoms with Gasteiger partial charge in [-0.25, -0.2) is 4.98 Å². The second-order valence-corrected chi connectivity index (χ2v) is 31.6. The molecule has 0 bridgehead atoms. The summed E-state index contributed by atoms with van der Waals surface area (Å²) in [7, 11) is 0. The fourth-order valence-corrected chi connectivity index (χ4v) is 17.0. The standard InChI is InChI=1S/C92H79N5O.Pt/c1-88(2,3)59-43-48-93-85(51-59)96-82-53-62(39-40-70(82)74-54-73-68-28-15-13-26-66(68)65-25-12-14-27-67(65)71-32-22-33-72-69-29-16-17-34-79(69)97(87(71)72)84(73)55-83(74)96)98-61-24-20-23-60(52-61)94-56-95(81-36-19-18-35-80(81)94)86-63(57-37-41-75-77(49-57)91(8,9)46-44-89(75,4)5)30-21-31-64(86)58-38-42-76-78(50-58)92(10,11)47-45-90(76,6)7;/h12-43,48-51,54-55H,44-47H2,1-11H3;/q-2;. The van der Waals surface area contributed by atoms with Crippen LogP contribution in [0.4, 0.5) is 0 Å². The largest absolute Gasteiger partial charge is 0.510 e. The van der Waals surface area contributed by atoms with E-state index >= 15 is 0 Å². The van der Waals surface area contributed by atoms with Crippen LogP contribution in [-0.4, -0.2) is 18.5 Å². The molecule has 7 heteroatoms. The summed E-state index contributed by atoms with van der Waals surface area (Å²) in [5.41, 5.74) is 21.0. The predicted molar refractivity (Wildman–Crippen MR) is 407 cm³/mol. The molecule has 0 saturated carbocycles. The van der Waals surface area contributed by atoms with E-state index in [0.29, 0.717) is 11.5 Å². The van der Waals surface area contributed by atoms with Gasteiger partial charge in [0, 0.05) is 65.8 Å². The molecule has 16 aromatic rings. The Labute approximate surface area is 594 Å². The molecule has 5 aromatic heterocycles. The first kappa shape index (κ1) is 62.6. The quantitative estimate of drug-likeness (QED) is 0.118. The van der Waals surface area contributed by atoms with Crippen molar-refractivity contribution in [2.75, 3.05) is 0 Å². The van der Waals surface area contributed by atoms with E-state index in [4.69, 9.17) is 9.72 Å². The third kappa shape index (κ3) is 9.89. The second kappa shape index (κ2) is 22.6. The molecule has 0 aliphatic heterocycles. The van der Waals surface area contributed by atoms with E-state index in [1.54, 1.807) is 0 Å². The molecular weight excluding hydrogens is 1390 g/mol. The summed E-state index contributed by atoms with van der Waals surface area (Å²) < 4.78 is 16.4. The van der Waals surface area contributed by atoms with Crippen LogP contribution in [0.15, 0.2) is 231 Å². The minimum atomic E-state index is -0.137. The number of nitrogens with zero attached hydrogens (tertiary/aromatic N) is 5. The maximum Gasteiger partial charge on any atom is 0.268 e. The number of rotatable bonds is 7. The molecule has 2 aliphatic carbocycles. The molecule has 0 amide bonds. The number of imidazole rings is 1. The number of fused-ring (bicyclic) bond motifs is 16. The van der Waals surface area contributed by atoms with Gasteiger partial charge >= 0.3 is 0 Å². The van der Waals surface area contributed by atoms with Gasteiger partial charge in [-0.05, 0) is 160 Å². The van der Waals surface area contributed by atoms with E-state index in [2.05, 4.69) is 331 Å². The van der Waals surface area contributed by atoms with Crippen LogP contribution in [0.25, 0.3) is 132 Å². The Morgan fingerprint density at radius 3 is 1.58 bits per heavy atom. The Kier molecular flexibility index (Phi) is 14.3. The average Bonchev–Trinajstić information content (AvgIpc) is 1.59. The van der Waals surface area contributed by atoms with E-state index in [9.17, 15) is 0 Å². The minimum Gasteiger partial charge on any atom is -0.510 e. The van der Waals surface area contributed by atoms with Crippen molar-refractivity contribution in [1.82, 2.24) is 18.5 Å². The molecule has 490 valence electrons. The molecule has 0 spiro atoms. The van der Waals surface area contributed by atoms with Crippen molar-refractivity contribution in [3.63, 3.8) is 0 Å². The van der Waals surface area contributed by atoms with E-state index in [-0.39, 0.29) is 48.1 Å². The van der Waals surface area contributed by atoms with Crippen molar-refractivity contribution in [1.29, 1.82) is 0 Å². The Hall–Kier alpha value is -9.87. The number of hydrogen-bond acceptors (Lipinski definition) is 2. The van der Waals surface area contributed by atoms with Gasteiger partial charge in [-0.15, -0.1) is 29.7 Å². The van der Waals surface area contributed by atoms with Gasteiger partial charge < -0.3 is 18.3 Å². The van der Waals surface area contributed by atoms with Crippen LogP contribution in [0.5, 0.6) is 11.5 Å². The molecule has 0 fully saturated rings. The zero-order valence-electron chi connectivity index (χ0n) is 58.2. The zero-order valence-corrected chi connectivity index (χ0v) is 60.5. The Morgan fingerprint density at radius 1 is 0.424 bits per heavy atom. The van der Waals surface area contributed by atoms with Crippen molar-refractivity contribution in [2.24, 2.45) is 0 Å². The fraction of sp³-hybridized carbons (Fsp3) is 0.217. The molecule has 0 saturated heterocycles. The van der Waals surface area contributed by atoms with Crippen molar-refractivity contribution in [3.8, 4) is 50.9 Å². The molecule has 0 atom stereocenters. The van der Waals surface area contributed by atoms with E-state index in [0.717, 1.165) is 109 Å². The fourth-order valence-electron chi connectivity index (χ4n) is 17.0. The van der Waals surface area contributed by atoms with Gasteiger partial charge in [0.25, 0.3) is 6.33 Å². The summed E-state index contributed by atoms with van der Waals surface area (Å²) in [6.07, 6.45) is 10.5. The Bertz CT molecular complexity index is 6000. The van der Waals surface area contributed by atoms with E-state index in [1.807, 2.05) is 12.3 Å². The predicted octanol–water partition coefficient (Wildman–Crippen LogP) is 23.5. The van der Waals surface area contributed by atoms with Crippen molar-refractivity contribution < 1.29 is 30.4 Å². The molecule has 2 aliphatic rings. The van der Waals surface area contributed by atoms with Crippen molar-refractivity contribution >= 4 is 92.5 Å². The summed E-state index contributed by atoms with van der Waals surface area (Å²) in [4.78, 5) is 5.22. The summed E-state index contributed by atoms with van der Waals surface area (Å²) in [6.45, 7) is 26.2. The van der Waals surface area contributed by atoms with Crippen LogP contribution in [0.3, 0.4) is 0 Å². The van der Waals surface area contributed by atoms with Gasteiger partial charge in [-0.1, -0.05) is 252 Å². The monoisotopic (exact) mass is 1460 g/mol. The smallest absolute Gasteiger partial charge is 0.268 e. The molecule has 5 heterocycles. The average molecular weight is 1470 g/mol. The van der Waals surface area contributed by atoms with Gasteiger partial charge in [0.05, 0.1) is 33.3 Å². The maximum absolute atomic E-state index is 7.08. The van der Waals surface area contributed by atoms with Gasteiger partial charge in [-0.3, -0.25) is 4.57 Å². The molecule has 18 rings (SSSR count). The van der Waals surface area contributed by atoms with Crippen LogP contribution < -0.4 is 9.30 Å². The van der Waals surface area contributed by atoms with Crippen LogP contribution >= 0.6 is 0 Å². The van der Waals surface area contributed by atoms with Crippen LogP contribution in [0, 0.1) is 18.5 Å². The third-order valence-corrected chi connectivity index (χ3v) is 22.6. The van der Waals surface area contributed by atoms with E-state index in [1.165, 1.54) is 76.8 Å². The number of hydrogen-bond donors (Lipinski definition) is 0. The van der Waals surface area contributed by atoms with Crippen LogP contribution in [-0.2, 0) is 48.1 Å². The Balaban J connectivity index is 0.00000735. The number of ether oxygens (including phenoxy) is 1. The van der Waals surface area contributed by atoms with Gasteiger partial charge in [0.15, 0.2) is 0 Å². The van der Waals surface area contributed by atoms with Crippen LogP contribution in [0.2, 0.25) is 0 Å². The van der Waals surface area contributed by atoms with Gasteiger partial charge in [-0.2, -0.15) is 18.2 Å². The second-order valence-electron chi connectivity index (χ2n) is 31.6. The molecule has 99 heavy (non-hydrogen) atoms. The van der Waals surface area contributed by atoms with Crippen LogP contribution in [0.1, 0.15) is 130 Å². The summed E-state index contributed by atoms with van der Waals surface area (Å²) in [5.74, 6) is 1.93. The normalized spacial score (nSPS) is 15.5. The summed E-state index contributed by atoms with van der Waals surface area (Å²) in [5, 5.41) is 11.6. The minimum absolute atomic E-state index is 0. The first-order valence-electron chi connectivity index (χ1n) is 35.0. The maximum atomic E-state index is 7.08. The first-order valence-corrected chi connectivity index (χ1v) is 35.0. The Morgan fingerprint density at radius 2 is 0.939 bits per heavy atom. The molecule has 6 nitrogen and oxygen atoms in total. The molecular formula is C92H79N5OPt-2. The van der Waals surface area contributed by atoms with Crippen molar-refractivity contribution in [2.45, 2.75) is 129 Å². The van der Waals surface area contributed by atoms with Crippen molar-refractivity contribution in [3.05, 3.63) is 277 Å². The summed E-state index contributed by atoms with van der Waals surface area (Å²) >= 11 is 0. The number of pyridine rings is 1. The molecule has 0 N–H and O–H groups in total. The first-order chi connectivity index (χ1) is 47.2. The summed E-state index contributed by atoms with van der Waals surface area (Å²) in [6, 6.07) is 91.0. The molecule has 0 radical (unpaired) electrons. The molecule has 0 unspecified atom stereocenters. The zero-order chi connectivity index (χ0) is 66.9. The number of benzene rings is 11. The van der Waals surface area contributed by atoms with E-state index < -0.39 is 0 Å². The SMILES string of the molecule is CC(C)(C)c1ccnc(-n2c3[c-]c(Oc4[c-]c(-n5[c-][n+](-c6c(-c7ccc8c(c7)C(C)(C)CCC8(C)C)cccc6-c6ccc7c(c6)C(C)(C)CCC7(C)C)c6ccccc65)ccc4)ccc3c3cc4c5ccccc5c5ccccc5c5cccc6c7ccccc7n(c4cc32)c56)c1.[Pt]. The number of para-hydroxylation sites is 5. The topological polar surface area (TPSA) is 40.3 Å². The van der Waals surface area contributed by atoms with Gasteiger partial charge in [0.1, 0.15) is 5.82 Å². The van der Waals surface area contributed by atoms with Gasteiger partial charge in [0.2, 0.25) is 0 Å². The molecule has 11 aromatic carbocycles. The third-order valence-electron chi connectivity index (χ3n) is 22.6. The number of aromatic nitrogens is 5.